The van der Waals surface area contributed by atoms with Crippen LogP contribution in [-0.2, 0) is 4.79 Å². The maximum Gasteiger partial charge on any atom is 0.253 e. The second-order valence-electron chi connectivity index (χ2n) is 8.25. The molecule has 8 nitrogen and oxygen atoms in total. The third-order valence-electron chi connectivity index (χ3n) is 6.12. The molecule has 0 aliphatic carbocycles. The van der Waals surface area contributed by atoms with Crippen LogP contribution in [0.25, 0.3) is 17.2 Å². The van der Waals surface area contributed by atoms with E-state index in [4.69, 9.17) is 15.2 Å². The van der Waals surface area contributed by atoms with Crippen LogP contribution in [0.2, 0.25) is 0 Å². The van der Waals surface area contributed by atoms with Gasteiger partial charge in [-0.1, -0.05) is 6.07 Å². The summed E-state index contributed by atoms with van der Waals surface area (Å²) in [4.78, 5) is 27.9. The number of ether oxygens (including phenoxy) is 2. The van der Waals surface area contributed by atoms with Gasteiger partial charge in [-0.15, -0.1) is 0 Å². The third-order valence-corrected chi connectivity index (χ3v) is 6.12. The molecule has 8 heteroatoms. The number of hydrogen-bond donors (Lipinski definition) is 1. The maximum atomic E-state index is 13.3. The number of rotatable bonds is 4. The van der Waals surface area contributed by atoms with E-state index in [9.17, 15) is 4.79 Å². The van der Waals surface area contributed by atoms with Crippen molar-refractivity contribution in [3.8, 4) is 22.6 Å². The smallest absolute Gasteiger partial charge is 0.253 e. The van der Waals surface area contributed by atoms with Crippen molar-refractivity contribution in [1.29, 1.82) is 0 Å². The second-order valence-corrected chi connectivity index (χ2v) is 8.25. The van der Waals surface area contributed by atoms with Crippen molar-refractivity contribution in [3.63, 3.8) is 0 Å². The molecule has 1 fully saturated rings. The summed E-state index contributed by atoms with van der Waals surface area (Å²) in [6.07, 6.45) is 9.05. The Morgan fingerprint density at radius 1 is 1.12 bits per heavy atom. The summed E-state index contributed by atoms with van der Waals surface area (Å²) >= 11 is 0. The van der Waals surface area contributed by atoms with Crippen LogP contribution in [0.3, 0.4) is 0 Å². The number of aromatic nitrogens is 3. The van der Waals surface area contributed by atoms with Crippen molar-refractivity contribution in [2.75, 3.05) is 32.5 Å². The number of carbonyl (C=O) groups is 1. The van der Waals surface area contributed by atoms with E-state index in [2.05, 4.69) is 15.0 Å². The van der Waals surface area contributed by atoms with Crippen molar-refractivity contribution in [2.45, 2.75) is 18.8 Å². The molecule has 1 aromatic carbocycles. The van der Waals surface area contributed by atoms with Crippen LogP contribution in [0.15, 0.2) is 54.5 Å². The van der Waals surface area contributed by atoms with Crippen LogP contribution in [0.5, 0.6) is 11.5 Å². The molecule has 1 amide bonds. The Bertz CT molecular complexity index is 1190. The number of nitrogens with two attached hydrogens (primary N) is 1. The lowest BCUT2D eigenvalue weighted by Gasteiger charge is -2.33. The highest BCUT2D eigenvalue weighted by molar-refractivity contribution is 5.99. The van der Waals surface area contributed by atoms with Crippen LogP contribution in [0.4, 0.5) is 5.95 Å². The Morgan fingerprint density at radius 3 is 2.70 bits per heavy atom. The van der Waals surface area contributed by atoms with E-state index >= 15 is 0 Å². The van der Waals surface area contributed by atoms with Gasteiger partial charge in [0.2, 0.25) is 5.95 Å². The van der Waals surface area contributed by atoms with Crippen molar-refractivity contribution in [3.05, 3.63) is 65.8 Å². The van der Waals surface area contributed by atoms with E-state index in [0.29, 0.717) is 12.1 Å². The van der Waals surface area contributed by atoms with Gasteiger partial charge in [-0.3, -0.25) is 9.78 Å². The zero-order valence-electron chi connectivity index (χ0n) is 18.4. The summed E-state index contributed by atoms with van der Waals surface area (Å²) in [5, 5.41) is 0. The van der Waals surface area contributed by atoms with Gasteiger partial charge in [0.15, 0.2) is 0 Å². The number of piperidine rings is 1. The SMILES string of the molecule is COc1ccc2c(c1)C=C(C(=O)N1CCC[C@@H](c3ccc(-c4cnc(N)nc4)cn3)C1)CO2. The van der Waals surface area contributed by atoms with Gasteiger partial charge in [-0.2, -0.15) is 0 Å². The van der Waals surface area contributed by atoms with Crippen LogP contribution >= 0.6 is 0 Å². The lowest BCUT2D eigenvalue weighted by molar-refractivity contribution is -0.128. The summed E-state index contributed by atoms with van der Waals surface area (Å²) < 4.78 is 11.1. The lowest BCUT2D eigenvalue weighted by atomic mass is 9.93. The number of anilines is 1. The molecule has 0 unspecified atom stereocenters. The standard InChI is InChI=1S/C25H25N5O3/c1-32-21-5-7-23-18(10-21)9-19(15-33-23)24(31)30-8-2-3-17(14-30)22-6-4-16(11-27-22)20-12-28-25(26)29-13-20/h4-7,9-13,17H,2-3,8,14-15H2,1H3,(H2,26,28,29)/t17-/m1/s1. The van der Waals surface area contributed by atoms with Crippen molar-refractivity contribution >= 4 is 17.9 Å². The zero-order chi connectivity index (χ0) is 22.8. The number of carbonyl (C=O) groups excluding carboxylic acids is 1. The van der Waals surface area contributed by atoms with E-state index in [-0.39, 0.29) is 24.4 Å². The fourth-order valence-electron chi connectivity index (χ4n) is 4.32. The number of methoxy groups -OCH3 is 1. The molecule has 1 atom stereocenters. The molecule has 0 radical (unpaired) electrons. The number of amides is 1. The largest absolute Gasteiger partial charge is 0.497 e. The lowest BCUT2D eigenvalue weighted by Crippen LogP contribution is -2.41. The number of likely N-dealkylation sites (tertiary alicyclic amines) is 1. The summed E-state index contributed by atoms with van der Waals surface area (Å²) in [6.45, 7) is 1.65. The predicted octanol–water partition coefficient (Wildman–Crippen LogP) is 3.31. The minimum absolute atomic E-state index is 0.0174. The molecule has 2 aromatic heterocycles. The molecular formula is C25H25N5O3. The van der Waals surface area contributed by atoms with E-state index in [1.807, 2.05) is 47.5 Å². The van der Waals surface area contributed by atoms with Gasteiger partial charge in [-0.25, -0.2) is 9.97 Å². The molecule has 0 saturated carbocycles. The van der Waals surface area contributed by atoms with Crippen LogP contribution < -0.4 is 15.2 Å². The topological polar surface area (TPSA) is 103 Å². The average Bonchev–Trinajstić information content (AvgIpc) is 2.88. The third kappa shape index (κ3) is 4.37. The van der Waals surface area contributed by atoms with E-state index < -0.39 is 0 Å². The Kier molecular flexibility index (Phi) is 5.64. The highest BCUT2D eigenvalue weighted by atomic mass is 16.5. The molecule has 4 heterocycles. The van der Waals surface area contributed by atoms with E-state index in [1.165, 1.54) is 0 Å². The number of hydrogen-bond acceptors (Lipinski definition) is 7. The first-order chi connectivity index (χ1) is 16.1. The van der Waals surface area contributed by atoms with Crippen LogP contribution in [0.1, 0.15) is 30.0 Å². The molecule has 168 valence electrons. The molecular weight excluding hydrogens is 418 g/mol. The minimum atomic E-state index is 0.0174. The molecule has 5 rings (SSSR count). The van der Waals surface area contributed by atoms with Crippen molar-refractivity contribution in [2.24, 2.45) is 0 Å². The van der Waals surface area contributed by atoms with Gasteiger partial charge in [0.05, 0.1) is 12.7 Å². The van der Waals surface area contributed by atoms with Gasteiger partial charge in [-0.05, 0) is 43.2 Å². The van der Waals surface area contributed by atoms with E-state index in [0.717, 1.165) is 53.3 Å². The first kappa shape index (κ1) is 20.9. The van der Waals surface area contributed by atoms with E-state index in [1.54, 1.807) is 19.5 Å². The molecule has 2 N–H and O–H groups in total. The number of nitrogen functional groups attached to an aromatic ring is 1. The van der Waals surface area contributed by atoms with Gasteiger partial charge in [0.25, 0.3) is 5.91 Å². The zero-order valence-corrected chi connectivity index (χ0v) is 18.4. The number of nitrogens with zero attached hydrogens (tertiary/aromatic N) is 4. The number of pyridine rings is 1. The molecule has 3 aromatic rings. The average molecular weight is 444 g/mol. The quantitative estimate of drug-likeness (QED) is 0.660. The monoisotopic (exact) mass is 443 g/mol. The number of fused-ring (bicyclic) bond motifs is 1. The molecule has 2 aliphatic rings. The van der Waals surface area contributed by atoms with Crippen molar-refractivity contribution < 1.29 is 14.3 Å². The molecule has 0 bridgehead atoms. The fraction of sp³-hybridized carbons (Fsp3) is 0.280. The maximum absolute atomic E-state index is 13.3. The highest BCUT2D eigenvalue weighted by Gasteiger charge is 2.29. The Labute approximate surface area is 192 Å². The second kappa shape index (κ2) is 8.90. The first-order valence-electron chi connectivity index (χ1n) is 11.0. The first-order valence-corrected chi connectivity index (χ1v) is 11.0. The molecule has 2 aliphatic heterocycles. The summed E-state index contributed by atoms with van der Waals surface area (Å²) in [7, 11) is 1.62. The molecule has 33 heavy (non-hydrogen) atoms. The van der Waals surface area contributed by atoms with Gasteiger partial charge < -0.3 is 20.1 Å². The normalized spacial score (nSPS) is 17.5. The Hall–Kier alpha value is -3.94. The number of benzene rings is 1. The van der Waals surface area contributed by atoms with Crippen LogP contribution in [0, 0.1) is 0 Å². The predicted molar refractivity (Wildman–Crippen MR) is 125 cm³/mol. The van der Waals surface area contributed by atoms with Gasteiger partial charge >= 0.3 is 0 Å². The van der Waals surface area contributed by atoms with Crippen LogP contribution in [-0.4, -0.2) is 52.6 Å². The minimum Gasteiger partial charge on any atom is -0.497 e. The molecule has 0 spiro atoms. The summed E-state index contributed by atoms with van der Waals surface area (Å²) in [5.41, 5.74) is 9.86. The van der Waals surface area contributed by atoms with Gasteiger partial charge in [0.1, 0.15) is 18.1 Å². The Balaban J connectivity index is 1.30. The highest BCUT2D eigenvalue weighted by Crippen LogP contribution is 2.32. The van der Waals surface area contributed by atoms with Crippen molar-refractivity contribution in [1.82, 2.24) is 19.9 Å². The summed E-state index contributed by atoms with van der Waals surface area (Å²) in [6, 6.07) is 9.65. The fourth-order valence-corrected chi connectivity index (χ4v) is 4.32. The summed E-state index contributed by atoms with van der Waals surface area (Å²) in [5.74, 6) is 1.96. The molecule has 1 saturated heterocycles. The Morgan fingerprint density at radius 2 is 1.94 bits per heavy atom. The van der Waals surface area contributed by atoms with Gasteiger partial charge in [0, 0.05) is 60.0 Å².